The smallest absolute Gasteiger partial charge is 0.269 e. The van der Waals surface area contributed by atoms with E-state index in [0.717, 1.165) is 5.95 Å². The van der Waals surface area contributed by atoms with Crippen LogP contribution >= 0.6 is 0 Å². The predicted octanol–water partition coefficient (Wildman–Crippen LogP) is 0.819. The lowest BCUT2D eigenvalue weighted by atomic mass is 10.4. The molecule has 0 atom stereocenters. The van der Waals surface area contributed by atoms with Gasteiger partial charge in [0.1, 0.15) is 11.7 Å². The standard InChI is InChI=1S/C9H11N3/c1-11(2)9-10-7-8-5-3-4-6-12(8)9/h3-7H,1-2H3/p+1. The first-order valence-electron chi connectivity index (χ1n) is 3.94. The Labute approximate surface area is 71.3 Å². The van der Waals surface area contributed by atoms with Crippen LogP contribution in [0.25, 0.3) is 5.52 Å². The minimum absolute atomic E-state index is 1.09. The molecule has 0 aromatic carbocycles. The van der Waals surface area contributed by atoms with Crippen molar-refractivity contribution in [1.29, 1.82) is 0 Å². The van der Waals surface area contributed by atoms with Gasteiger partial charge in [-0.2, -0.15) is 0 Å². The molecule has 3 heteroatoms. The van der Waals surface area contributed by atoms with Crippen molar-refractivity contribution in [2.75, 3.05) is 19.0 Å². The number of aromatic nitrogens is 2. The number of rotatable bonds is 1. The van der Waals surface area contributed by atoms with Crippen molar-refractivity contribution in [2.45, 2.75) is 0 Å². The molecule has 0 radical (unpaired) electrons. The second-order valence-electron chi connectivity index (χ2n) is 3.00. The highest BCUT2D eigenvalue weighted by Gasteiger charge is 2.10. The maximum Gasteiger partial charge on any atom is 0.361 e. The van der Waals surface area contributed by atoms with Crippen LogP contribution in [0.3, 0.4) is 0 Å². The molecule has 0 fully saturated rings. The van der Waals surface area contributed by atoms with Gasteiger partial charge < -0.3 is 0 Å². The van der Waals surface area contributed by atoms with Gasteiger partial charge in [0, 0.05) is 0 Å². The average Bonchev–Trinajstić information content (AvgIpc) is 2.47. The fourth-order valence-corrected chi connectivity index (χ4v) is 1.32. The van der Waals surface area contributed by atoms with Crippen molar-refractivity contribution in [3.05, 3.63) is 30.6 Å². The van der Waals surface area contributed by atoms with Crippen molar-refractivity contribution >= 4 is 11.5 Å². The molecule has 12 heavy (non-hydrogen) atoms. The largest absolute Gasteiger partial charge is 0.361 e. The van der Waals surface area contributed by atoms with E-state index in [9.17, 15) is 0 Å². The first-order chi connectivity index (χ1) is 5.79. The Kier molecular flexibility index (Phi) is 1.50. The molecule has 0 unspecified atom stereocenters. The summed E-state index contributed by atoms with van der Waals surface area (Å²) in [6.07, 6.45) is 4.04. The van der Waals surface area contributed by atoms with Gasteiger partial charge in [-0.25, -0.2) is 9.38 Å². The number of hydrogen-bond donors (Lipinski definition) is 1. The highest BCUT2D eigenvalue weighted by molar-refractivity contribution is 5.40. The number of hydrogen-bond acceptors (Lipinski definition) is 1. The molecule has 0 aliphatic rings. The van der Waals surface area contributed by atoms with Crippen molar-refractivity contribution < 1.29 is 4.40 Å². The molecule has 0 bridgehead atoms. The van der Waals surface area contributed by atoms with E-state index < -0.39 is 0 Å². The summed E-state index contributed by atoms with van der Waals surface area (Å²) in [7, 11) is 4.04. The fourth-order valence-electron chi connectivity index (χ4n) is 1.32. The third-order valence-electron chi connectivity index (χ3n) is 1.89. The molecule has 0 saturated heterocycles. The van der Waals surface area contributed by atoms with E-state index in [2.05, 4.69) is 15.5 Å². The number of nitrogens with zero attached hydrogens (tertiary/aromatic N) is 2. The van der Waals surface area contributed by atoms with Crippen LogP contribution < -0.4 is 9.30 Å². The van der Waals surface area contributed by atoms with E-state index in [0.29, 0.717) is 0 Å². The second-order valence-corrected chi connectivity index (χ2v) is 3.00. The van der Waals surface area contributed by atoms with Crippen LogP contribution in [0.15, 0.2) is 30.6 Å². The summed E-state index contributed by atoms with van der Waals surface area (Å²) in [5.41, 5.74) is 1.18. The number of imidazole rings is 1. The Morgan fingerprint density at radius 3 is 2.92 bits per heavy atom. The van der Waals surface area contributed by atoms with Crippen LogP contribution in [0.5, 0.6) is 0 Å². The Morgan fingerprint density at radius 2 is 2.17 bits per heavy atom. The molecule has 62 valence electrons. The molecule has 0 saturated carbocycles. The predicted molar refractivity (Wildman–Crippen MR) is 48.3 cm³/mol. The monoisotopic (exact) mass is 162 g/mol. The summed E-state index contributed by atoms with van der Waals surface area (Å²) >= 11 is 0. The van der Waals surface area contributed by atoms with Crippen molar-refractivity contribution in [3.8, 4) is 0 Å². The van der Waals surface area contributed by atoms with Gasteiger partial charge in [-0.3, -0.25) is 4.90 Å². The molecule has 0 aliphatic carbocycles. The number of nitrogens with one attached hydrogen (secondary N) is 1. The van der Waals surface area contributed by atoms with E-state index in [1.807, 2.05) is 43.5 Å². The highest BCUT2D eigenvalue weighted by atomic mass is 15.2. The summed E-state index contributed by atoms with van der Waals surface area (Å²) in [6.45, 7) is 0. The van der Waals surface area contributed by atoms with Gasteiger partial charge in [0.25, 0.3) is 0 Å². The second kappa shape index (κ2) is 2.52. The molecule has 0 amide bonds. The van der Waals surface area contributed by atoms with Gasteiger partial charge in [-0.15, -0.1) is 0 Å². The van der Waals surface area contributed by atoms with E-state index in [1.54, 1.807) is 0 Å². The average molecular weight is 162 g/mol. The zero-order valence-corrected chi connectivity index (χ0v) is 7.28. The van der Waals surface area contributed by atoms with Crippen LogP contribution in [0.1, 0.15) is 0 Å². The van der Waals surface area contributed by atoms with Gasteiger partial charge in [-0.1, -0.05) is 6.07 Å². The minimum Gasteiger partial charge on any atom is -0.269 e. The van der Waals surface area contributed by atoms with Crippen LogP contribution in [-0.2, 0) is 0 Å². The number of pyridine rings is 1. The maximum atomic E-state index is 3.20. The third kappa shape index (κ3) is 0.942. The summed E-state index contributed by atoms with van der Waals surface area (Å²) in [4.78, 5) is 5.25. The maximum absolute atomic E-state index is 3.20. The molecular formula is C9H12N3+. The first-order valence-corrected chi connectivity index (χ1v) is 3.94. The van der Waals surface area contributed by atoms with E-state index >= 15 is 0 Å². The molecule has 2 aromatic rings. The number of anilines is 1. The molecule has 2 rings (SSSR count). The molecule has 2 heterocycles. The molecule has 2 aromatic heterocycles. The SMILES string of the molecule is CN(C)c1[nH]cc2cccc[n+]12. The van der Waals surface area contributed by atoms with E-state index in [-0.39, 0.29) is 0 Å². The quantitative estimate of drug-likeness (QED) is 0.616. The molecule has 3 nitrogen and oxygen atoms in total. The lowest BCUT2D eigenvalue weighted by Crippen LogP contribution is -2.28. The van der Waals surface area contributed by atoms with Crippen molar-refractivity contribution in [1.82, 2.24) is 4.98 Å². The highest BCUT2D eigenvalue weighted by Crippen LogP contribution is 2.03. The lowest BCUT2D eigenvalue weighted by Gasteiger charge is -2.01. The van der Waals surface area contributed by atoms with Crippen molar-refractivity contribution in [2.24, 2.45) is 0 Å². The topological polar surface area (TPSA) is 23.1 Å². The van der Waals surface area contributed by atoms with Crippen LogP contribution in [0.4, 0.5) is 5.95 Å². The minimum atomic E-state index is 1.09. The first kappa shape index (κ1) is 7.16. The Morgan fingerprint density at radius 1 is 1.33 bits per heavy atom. The van der Waals surface area contributed by atoms with Gasteiger partial charge in [0.2, 0.25) is 0 Å². The zero-order chi connectivity index (χ0) is 8.55. The fraction of sp³-hybridized carbons (Fsp3) is 0.222. The molecule has 1 N–H and O–H groups in total. The summed E-state index contributed by atoms with van der Waals surface area (Å²) in [5.74, 6) is 1.09. The normalized spacial score (nSPS) is 10.5. The van der Waals surface area contributed by atoms with Gasteiger partial charge in [-0.05, 0) is 12.1 Å². The van der Waals surface area contributed by atoms with Crippen LogP contribution in [-0.4, -0.2) is 19.1 Å². The van der Waals surface area contributed by atoms with Crippen molar-refractivity contribution in [3.63, 3.8) is 0 Å². The summed E-state index contributed by atoms with van der Waals surface area (Å²) < 4.78 is 2.11. The van der Waals surface area contributed by atoms with Gasteiger partial charge in [0.15, 0.2) is 0 Å². The van der Waals surface area contributed by atoms with E-state index in [4.69, 9.17) is 0 Å². The molecular weight excluding hydrogens is 150 g/mol. The van der Waals surface area contributed by atoms with Gasteiger partial charge in [0.05, 0.1) is 20.3 Å². The number of H-pyrrole nitrogens is 1. The Bertz CT molecular complexity index is 389. The Hall–Kier alpha value is -1.51. The molecule has 0 aliphatic heterocycles. The lowest BCUT2D eigenvalue weighted by molar-refractivity contribution is -0.497. The third-order valence-corrected chi connectivity index (χ3v) is 1.89. The van der Waals surface area contributed by atoms with Crippen LogP contribution in [0, 0.1) is 0 Å². The number of fused-ring (bicyclic) bond motifs is 1. The number of aromatic amines is 1. The van der Waals surface area contributed by atoms with Gasteiger partial charge >= 0.3 is 5.95 Å². The molecule has 0 spiro atoms. The summed E-state index contributed by atoms with van der Waals surface area (Å²) in [5, 5.41) is 0. The van der Waals surface area contributed by atoms with Crippen LogP contribution in [0.2, 0.25) is 0 Å². The Balaban J connectivity index is 2.70. The zero-order valence-electron chi connectivity index (χ0n) is 7.28. The summed E-state index contributed by atoms with van der Waals surface area (Å²) in [6, 6.07) is 6.12. The van der Waals surface area contributed by atoms with E-state index in [1.165, 1.54) is 5.52 Å².